The SMILES string of the molecule is CCNCCn1nnnc1SCc1c(F)ccc(Br)c1F. The van der Waals surface area contributed by atoms with Gasteiger partial charge in [-0.1, -0.05) is 18.7 Å². The van der Waals surface area contributed by atoms with Crippen molar-refractivity contribution in [2.75, 3.05) is 13.1 Å². The van der Waals surface area contributed by atoms with Gasteiger partial charge in [0.1, 0.15) is 11.6 Å². The number of halogens is 3. The normalized spacial score (nSPS) is 11.0. The Balaban J connectivity index is 2.04. The first-order valence-electron chi connectivity index (χ1n) is 6.35. The van der Waals surface area contributed by atoms with E-state index in [2.05, 4.69) is 36.8 Å². The van der Waals surface area contributed by atoms with Crippen LogP contribution in [0, 0.1) is 11.6 Å². The predicted molar refractivity (Wildman–Crippen MR) is 80.0 cm³/mol. The molecule has 1 aromatic carbocycles. The quantitative estimate of drug-likeness (QED) is 0.456. The number of likely N-dealkylation sites (N-methyl/N-ethyl adjacent to an activating group) is 1. The summed E-state index contributed by atoms with van der Waals surface area (Å²) in [6, 6.07) is 2.58. The molecule has 0 unspecified atom stereocenters. The van der Waals surface area contributed by atoms with E-state index in [1.54, 1.807) is 4.68 Å². The van der Waals surface area contributed by atoms with Crippen LogP contribution < -0.4 is 5.32 Å². The van der Waals surface area contributed by atoms with E-state index in [-0.39, 0.29) is 15.8 Å². The molecular formula is C12H14BrF2N5S. The van der Waals surface area contributed by atoms with Crippen molar-refractivity contribution in [1.82, 2.24) is 25.5 Å². The largest absolute Gasteiger partial charge is 0.315 e. The standard InChI is InChI=1S/C12H14BrF2N5S/c1-2-16-5-6-20-12(17-18-19-20)21-7-8-10(14)4-3-9(13)11(8)15/h3-4,16H,2,5-7H2,1H3. The lowest BCUT2D eigenvalue weighted by Gasteiger charge is -2.07. The molecule has 0 atom stereocenters. The molecule has 2 rings (SSSR count). The second-order valence-corrected chi connectivity index (χ2v) is 5.95. The third-order valence-electron chi connectivity index (χ3n) is 2.73. The minimum atomic E-state index is -0.589. The lowest BCUT2D eigenvalue weighted by molar-refractivity contribution is 0.517. The van der Waals surface area contributed by atoms with E-state index in [1.165, 1.54) is 23.9 Å². The second kappa shape index (κ2) is 7.81. The highest BCUT2D eigenvalue weighted by Crippen LogP contribution is 2.27. The number of hydrogen-bond donors (Lipinski definition) is 1. The van der Waals surface area contributed by atoms with Gasteiger partial charge in [0.15, 0.2) is 0 Å². The van der Waals surface area contributed by atoms with E-state index in [9.17, 15) is 8.78 Å². The molecule has 0 fully saturated rings. The molecule has 0 saturated carbocycles. The number of aromatic nitrogens is 4. The van der Waals surface area contributed by atoms with Crippen LogP contribution >= 0.6 is 27.7 Å². The van der Waals surface area contributed by atoms with E-state index >= 15 is 0 Å². The predicted octanol–water partition coefficient (Wildman–Crippen LogP) is 2.62. The molecule has 2 aromatic rings. The van der Waals surface area contributed by atoms with E-state index in [1.807, 2.05) is 6.92 Å². The summed E-state index contributed by atoms with van der Waals surface area (Å²) in [5.41, 5.74) is 0.00982. The smallest absolute Gasteiger partial charge is 0.209 e. The van der Waals surface area contributed by atoms with Gasteiger partial charge >= 0.3 is 0 Å². The molecular weight excluding hydrogens is 364 g/mol. The van der Waals surface area contributed by atoms with Gasteiger partial charge < -0.3 is 5.32 Å². The highest BCUT2D eigenvalue weighted by atomic mass is 79.9. The van der Waals surface area contributed by atoms with Crippen LogP contribution in [0.25, 0.3) is 0 Å². The number of tetrazole rings is 1. The lowest BCUT2D eigenvalue weighted by Crippen LogP contribution is -2.20. The van der Waals surface area contributed by atoms with Crippen LogP contribution in [0.15, 0.2) is 21.8 Å². The highest BCUT2D eigenvalue weighted by Gasteiger charge is 2.14. The number of rotatable bonds is 7. The number of benzene rings is 1. The zero-order valence-corrected chi connectivity index (χ0v) is 13.7. The number of nitrogens with zero attached hydrogens (tertiary/aromatic N) is 4. The molecule has 1 aromatic heterocycles. The zero-order valence-electron chi connectivity index (χ0n) is 11.3. The van der Waals surface area contributed by atoms with Gasteiger partial charge in [-0.15, -0.1) is 5.10 Å². The summed E-state index contributed by atoms with van der Waals surface area (Å²) in [5.74, 6) is -1.04. The molecule has 1 N–H and O–H groups in total. The van der Waals surface area contributed by atoms with E-state index < -0.39 is 11.6 Å². The van der Waals surface area contributed by atoms with Crippen LogP contribution in [0.4, 0.5) is 8.78 Å². The van der Waals surface area contributed by atoms with Gasteiger partial charge in [0.05, 0.1) is 11.0 Å². The Labute approximate surface area is 133 Å². The van der Waals surface area contributed by atoms with E-state index in [4.69, 9.17) is 0 Å². The van der Waals surface area contributed by atoms with E-state index in [0.717, 1.165) is 13.1 Å². The average Bonchev–Trinajstić information content (AvgIpc) is 2.91. The molecule has 5 nitrogen and oxygen atoms in total. The minimum Gasteiger partial charge on any atom is -0.315 e. The summed E-state index contributed by atoms with van der Waals surface area (Å²) < 4.78 is 29.4. The Kier molecular flexibility index (Phi) is 6.07. The van der Waals surface area contributed by atoms with Crippen molar-refractivity contribution in [1.29, 1.82) is 0 Å². The van der Waals surface area contributed by atoms with Gasteiger partial charge in [-0.25, -0.2) is 13.5 Å². The Morgan fingerprint density at radius 2 is 2.19 bits per heavy atom. The summed E-state index contributed by atoms with van der Waals surface area (Å²) >= 11 is 4.25. The summed E-state index contributed by atoms with van der Waals surface area (Å²) in [6.07, 6.45) is 0. The molecule has 114 valence electrons. The van der Waals surface area contributed by atoms with Crippen LogP contribution in [0.2, 0.25) is 0 Å². The molecule has 9 heteroatoms. The highest BCUT2D eigenvalue weighted by molar-refractivity contribution is 9.10. The summed E-state index contributed by atoms with van der Waals surface area (Å²) in [5, 5.41) is 15.0. The van der Waals surface area contributed by atoms with Crippen molar-refractivity contribution in [2.45, 2.75) is 24.4 Å². The second-order valence-electron chi connectivity index (χ2n) is 4.15. The van der Waals surface area contributed by atoms with Gasteiger partial charge in [-0.2, -0.15) is 0 Å². The van der Waals surface area contributed by atoms with Crippen LogP contribution in [-0.2, 0) is 12.3 Å². The minimum absolute atomic E-state index is 0.00982. The maximum Gasteiger partial charge on any atom is 0.209 e. The van der Waals surface area contributed by atoms with Crippen LogP contribution in [0.5, 0.6) is 0 Å². The van der Waals surface area contributed by atoms with Crippen molar-refractivity contribution >= 4 is 27.7 Å². The monoisotopic (exact) mass is 377 g/mol. The molecule has 0 aliphatic carbocycles. The number of nitrogens with one attached hydrogen (secondary N) is 1. The lowest BCUT2D eigenvalue weighted by atomic mass is 10.2. The zero-order chi connectivity index (χ0) is 15.2. The van der Waals surface area contributed by atoms with Gasteiger partial charge in [-0.3, -0.25) is 0 Å². The maximum atomic E-state index is 13.9. The summed E-state index contributed by atoms with van der Waals surface area (Å²) in [6.45, 7) is 4.20. The molecule has 0 amide bonds. The fourth-order valence-electron chi connectivity index (χ4n) is 1.64. The van der Waals surface area contributed by atoms with Crippen molar-refractivity contribution in [3.63, 3.8) is 0 Å². The first kappa shape index (κ1) is 16.3. The van der Waals surface area contributed by atoms with Crippen LogP contribution in [-0.4, -0.2) is 33.3 Å². The summed E-state index contributed by atoms with van der Waals surface area (Å²) in [4.78, 5) is 0. The first-order valence-corrected chi connectivity index (χ1v) is 8.13. The Bertz CT molecular complexity index is 607. The number of thioether (sulfide) groups is 1. The molecule has 0 saturated heterocycles. The molecule has 1 heterocycles. The van der Waals surface area contributed by atoms with Crippen molar-refractivity contribution in [2.24, 2.45) is 0 Å². The molecule has 0 aliphatic heterocycles. The van der Waals surface area contributed by atoms with Gasteiger partial charge in [-0.05, 0) is 45.0 Å². The van der Waals surface area contributed by atoms with Gasteiger partial charge in [0, 0.05) is 17.9 Å². The van der Waals surface area contributed by atoms with Crippen molar-refractivity contribution in [3.05, 3.63) is 33.8 Å². The Morgan fingerprint density at radius 3 is 2.95 bits per heavy atom. The third kappa shape index (κ3) is 4.21. The molecule has 21 heavy (non-hydrogen) atoms. The van der Waals surface area contributed by atoms with Gasteiger partial charge in [0.25, 0.3) is 0 Å². The summed E-state index contributed by atoms with van der Waals surface area (Å²) in [7, 11) is 0. The molecule has 0 radical (unpaired) electrons. The molecule has 0 aliphatic rings. The maximum absolute atomic E-state index is 13.9. The van der Waals surface area contributed by atoms with Crippen LogP contribution in [0.1, 0.15) is 12.5 Å². The topological polar surface area (TPSA) is 55.6 Å². The van der Waals surface area contributed by atoms with Gasteiger partial charge in [0.2, 0.25) is 5.16 Å². The molecule has 0 bridgehead atoms. The number of hydrogen-bond acceptors (Lipinski definition) is 5. The average molecular weight is 378 g/mol. The van der Waals surface area contributed by atoms with Crippen molar-refractivity contribution < 1.29 is 8.78 Å². The Hall–Kier alpha value is -1.06. The third-order valence-corrected chi connectivity index (χ3v) is 4.33. The van der Waals surface area contributed by atoms with Crippen molar-refractivity contribution in [3.8, 4) is 0 Å². The molecule has 0 spiro atoms. The first-order chi connectivity index (χ1) is 10.1. The fraction of sp³-hybridized carbons (Fsp3) is 0.417. The van der Waals surface area contributed by atoms with Crippen LogP contribution in [0.3, 0.4) is 0 Å². The fourth-order valence-corrected chi connectivity index (χ4v) is 2.92. The van der Waals surface area contributed by atoms with E-state index in [0.29, 0.717) is 11.7 Å². The Morgan fingerprint density at radius 1 is 1.38 bits per heavy atom.